The van der Waals surface area contributed by atoms with Gasteiger partial charge in [-0.05, 0) is 43.5 Å². The Labute approximate surface area is 180 Å². The minimum atomic E-state index is -3.20. The van der Waals surface area contributed by atoms with E-state index in [0.29, 0.717) is 53.1 Å². The largest absolute Gasteiger partial charge is 0.367 e. The van der Waals surface area contributed by atoms with Crippen LogP contribution < -0.4 is 14.9 Å². The van der Waals surface area contributed by atoms with Crippen LogP contribution >= 0.6 is 0 Å². The number of nitrogens with one attached hydrogen (secondary N) is 3. The van der Waals surface area contributed by atoms with Gasteiger partial charge in [-0.3, -0.25) is 4.31 Å². The minimum absolute atomic E-state index is 0.193. The van der Waals surface area contributed by atoms with Gasteiger partial charge in [-0.25, -0.2) is 8.42 Å². The molecule has 1 aliphatic heterocycles. The van der Waals surface area contributed by atoms with Crippen LogP contribution in [0.4, 0.5) is 23.1 Å². The van der Waals surface area contributed by atoms with Gasteiger partial charge in [-0.2, -0.15) is 15.2 Å². The maximum atomic E-state index is 12.1. The molecule has 160 valence electrons. The van der Waals surface area contributed by atoms with E-state index in [1.165, 1.54) is 17.1 Å². The van der Waals surface area contributed by atoms with Gasteiger partial charge in [0.2, 0.25) is 16.0 Å². The first-order valence-corrected chi connectivity index (χ1v) is 12.1. The molecule has 3 heterocycles. The van der Waals surface area contributed by atoms with Crippen molar-refractivity contribution in [3.8, 4) is 6.07 Å². The molecule has 1 saturated carbocycles. The summed E-state index contributed by atoms with van der Waals surface area (Å²) in [6.07, 6.45) is 6.84. The third-order valence-electron chi connectivity index (χ3n) is 5.86. The molecule has 31 heavy (non-hydrogen) atoms. The van der Waals surface area contributed by atoms with Crippen LogP contribution in [0, 0.1) is 11.3 Å². The predicted molar refractivity (Wildman–Crippen MR) is 120 cm³/mol. The Morgan fingerprint density at radius 2 is 1.90 bits per heavy atom. The van der Waals surface area contributed by atoms with E-state index in [1.807, 2.05) is 12.1 Å². The van der Waals surface area contributed by atoms with E-state index >= 15 is 0 Å². The van der Waals surface area contributed by atoms with Crippen LogP contribution in [0.15, 0.2) is 30.5 Å². The summed E-state index contributed by atoms with van der Waals surface area (Å²) >= 11 is 0. The van der Waals surface area contributed by atoms with E-state index in [-0.39, 0.29) is 5.75 Å². The highest BCUT2D eigenvalue weighted by molar-refractivity contribution is 7.93. The molecule has 2 aromatic heterocycles. The van der Waals surface area contributed by atoms with E-state index < -0.39 is 10.0 Å². The fraction of sp³-hybridized carbons (Fsp3) is 0.381. The summed E-state index contributed by atoms with van der Waals surface area (Å²) in [4.78, 5) is 12.2. The number of hydrogen-bond donors (Lipinski definition) is 3. The number of nitrogens with zero attached hydrogens (tertiary/aromatic N) is 4. The highest BCUT2D eigenvalue weighted by Crippen LogP contribution is 2.30. The number of nitriles is 1. The number of aromatic amines is 1. The summed E-state index contributed by atoms with van der Waals surface area (Å²) in [5.74, 6) is 1.25. The van der Waals surface area contributed by atoms with Gasteiger partial charge >= 0.3 is 0 Å². The van der Waals surface area contributed by atoms with Gasteiger partial charge in [0.05, 0.1) is 22.4 Å². The molecule has 3 N–H and O–H groups in total. The zero-order chi connectivity index (χ0) is 21.4. The molecular weight excluding hydrogens is 414 g/mol. The number of rotatable bonds is 5. The molecule has 5 rings (SSSR count). The summed E-state index contributed by atoms with van der Waals surface area (Å²) in [6.45, 7) is 0.513. The van der Waals surface area contributed by atoms with Gasteiger partial charge in [0, 0.05) is 24.5 Å². The normalized spacial score (nSPS) is 18.4. The smallest absolute Gasteiger partial charge is 0.235 e. The fourth-order valence-electron chi connectivity index (χ4n) is 4.31. The number of hydrogen-bond acceptors (Lipinski definition) is 7. The second-order valence-corrected chi connectivity index (χ2v) is 9.99. The van der Waals surface area contributed by atoms with Crippen molar-refractivity contribution in [3.05, 3.63) is 36.0 Å². The average Bonchev–Trinajstić information content (AvgIpc) is 3.48. The Bertz CT molecular complexity index is 1260. The molecule has 1 aromatic carbocycles. The molecule has 2 aliphatic rings. The molecule has 3 aromatic rings. The Morgan fingerprint density at radius 1 is 1.13 bits per heavy atom. The van der Waals surface area contributed by atoms with Gasteiger partial charge < -0.3 is 15.6 Å². The summed E-state index contributed by atoms with van der Waals surface area (Å²) in [6, 6.07) is 9.73. The SMILES string of the molecule is N#Cc1c[nH]c2nc(Nc3ccc(N4CCCS4(=O)=O)cc3)nc(NC3CCCC3)c12. The molecule has 0 spiro atoms. The van der Waals surface area contributed by atoms with E-state index in [0.717, 1.165) is 18.5 Å². The van der Waals surface area contributed by atoms with Crippen molar-refractivity contribution in [3.63, 3.8) is 0 Å². The lowest BCUT2D eigenvalue weighted by molar-refractivity contribution is 0.599. The van der Waals surface area contributed by atoms with Gasteiger partial charge in [-0.1, -0.05) is 12.8 Å². The Kier molecular flexibility index (Phi) is 4.90. The van der Waals surface area contributed by atoms with Crippen molar-refractivity contribution >= 4 is 44.2 Å². The number of anilines is 4. The Hall–Kier alpha value is -3.32. The third-order valence-corrected chi connectivity index (χ3v) is 7.73. The highest BCUT2D eigenvalue weighted by Gasteiger charge is 2.28. The summed E-state index contributed by atoms with van der Waals surface area (Å²) < 4.78 is 25.7. The lowest BCUT2D eigenvalue weighted by atomic mass is 10.2. The van der Waals surface area contributed by atoms with E-state index in [2.05, 4.69) is 31.7 Å². The summed E-state index contributed by atoms with van der Waals surface area (Å²) in [5.41, 5.74) is 2.51. The predicted octanol–water partition coefficient (Wildman–Crippen LogP) is 3.47. The number of aromatic nitrogens is 3. The van der Waals surface area contributed by atoms with Crippen LogP contribution in [0.1, 0.15) is 37.7 Å². The maximum absolute atomic E-state index is 12.1. The van der Waals surface area contributed by atoms with Crippen molar-refractivity contribution < 1.29 is 8.42 Å². The van der Waals surface area contributed by atoms with Crippen LogP contribution in [-0.4, -0.2) is 41.7 Å². The molecule has 1 aliphatic carbocycles. The molecule has 0 unspecified atom stereocenters. The molecular formula is C21H23N7O2S. The van der Waals surface area contributed by atoms with Gasteiger partial charge in [0.25, 0.3) is 0 Å². The molecule has 0 radical (unpaired) electrons. The second kappa shape index (κ2) is 7.74. The number of sulfonamides is 1. The van der Waals surface area contributed by atoms with Crippen LogP contribution in [-0.2, 0) is 10.0 Å². The molecule has 0 atom stereocenters. The van der Waals surface area contributed by atoms with Crippen molar-refractivity contribution in [2.24, 2.45) is 0 Å². The van der Waals surface area contributed by atoms with Crippen LogP contribution in [0.25, 0.3) is 11.0 Å². The lowest BCUT2D eigenvalue weighted by Gasteiger charge is -2.17. The second-order valence-electron chi connectivity index (χ2n) is 7.97. The molecule has 10 heteroatoms. The van der Waals surface area contributed by atoms with Crippen molar-refractivity contribution in [1.29, 1.82) is 5.26 Å². The molecule has 0 bridgehead atoms. The first-order valence-electron chi connectivity index (χ1n) is 10.5. The lowest BCUT2D eigenvalue weighted by Crippen LogP contribution is -2.24. The number of H-pyrrole nitrogens is 1. The first-order chi connectivity index (χ1) is 15.0. The van der Waals surface area contributed by atoms with Crippen molar-refractivity contribution in [1.82, 2.24) is 15.0 Å². The zero-order valence-corrected chi connectivity index (χ0v) is 17.7. The van der Waals surface area contributed by atoms with Crippen LogP contribution in [0.5, 0.6) is 0 Å². The Morgan fingerprint density at radius 3 is 2.58 bits per heavy atom. The van der Waals surface area contributed by atoms with E-state index in [4.69, 9.17) is 0 Å². The highest BCUT2D eigenvalue weighted by atomic mass is 32.2. The van der Waals surface area contributed by atoms with Crippen LogP contribution in [0.3, 0.4) is 0 Å². The molecule has 2 fully saturated rings. The van der Waals surface area contributed by atoms with E-state index in [1.54, 1.807) is 18.3 Å². The van der Waals surface area contributed by atoms with Gasteiger partial charge in [0.15, 0.2) is 0 Å². The number of benzene rings is 1. The summed E-state index contributed by atoms with van der Waals surface area (Å²) in [5, 5.41) is 16.8. The minimum Gasteiger partial charge on any atom is -0.367 e. The van der Waals surface area contributed by atoms with Gasteiger partial charge in [0.1, 0.15) is 17.5 Å². The monoisotopic (exact) mass is 437 g/mol. The summed E-state index contributed by atoms with van der Waals surface area (Å²) in [7, 11) is -3.20. The van der Waals surface area contributed by atoms with Gasteiger partial charge in [-0.15, -0.1) is 0 Å². The molecule has 1 saturated heterocycles. The van der Waals surface area contributed by atoms with E-state index in [9.17, 15) is 13.7 Å². The quantitative estimate of drug-likeness (QED) is 0.558. The average molecular weight is 438 g/mol. The fourth-order valence-corrected chi connectivity index (χ4v) is 5.88. The number of fused-ring (bicyclic) bond motifs is 1. The Balaban J connectivity index is 1.43. The molecule has 9 nitrogen and oxygen atoms in total. The molecule has 0 amide bonds. The van der Waals surface area contributed by atoms with Crippen molar-refractivity contribution in [2.75, 3.05) is 27.2 Å². The van der Waals surface area contributed by atoms with Crippen LogP contribution in [0.2, 0.25) is 0 Å². The standard InChI is InChI=1S/C21H23N7O2S/c22-12-14-13-23-19-18(14)20(24-15-4-1-2-5-15)27-21(26-19)25-16-6-8-17(9-7-16)28-10-3-11-31(28,29)30/h6-9,13,15H,1-5,10-11H2,(H3,23,24,25,26,27). The zero-order valence-electron chi connectivity index (χ0n) is 16.9. The maximum Gasteiger partial charge on any atom is 0.235 e. The van der Waals surface area contributed by atoms with Crippen molar-refractivity contribution in [2.45, 2.75) is 38.1 Å². The topological polar surface area (TPSA) is 127 Å². The third kappa shape index (κ3) is 3.77. The first kappa shape index (κ1) is 19.6.